The molecule has 0 aromatic carbocycles. The fraction of sp³-hybridized carbons (Fsp3) is 0.500. The summed E-state index contributed by atoms with van der Waals surface area (Å²) in [5.74, 6) is 1.33. The van der Waals surface area contributed by atoms with E-state index >= 15 is 0 Å². The number of hydrogen-bond acceptors (Lipinski definition) is 5. The number of nitrogens with two attached hydrogens (primary N) is 1. The third-order valence-electron chi connectivity index (χ3n) is 2.98. The summed E-state index contributed by atoms with van der Waals surface area (Å²) in [6.07, 6.45) is 0.793. The SMILES string of the molecule is COC(C)Cc1nc(N)c2c(C)c(C)sc2n1. The number of fused-ring (bicyclic) bond motifs is 1. The van der Waals surface area contributed by atoms with Crippen LogP contribution >= 0.6 is 11.3 Å². The van der Waals surface area contributed by atoms with Gasteiger partial charge in [0.15, 0.2) is 0 Å². The molecular weight excluding hydrogens is 234 g/mol. The molecule has 0 amide bonds. The quantitative estimate of drug-likeness (QED) is 0.910. The van der Waals surface area contributed by atoms with Gasteiger partial charge in [0.1, 0.15) is 16.5 Å². The van der Waals surface area contributed by atoms with Gasteiger partial charge in [-0.05, 0) is 26.3 Å². The van der Waals surface area contributed by atoms with Crippen LogP contribution in [0, 0.1) is 13.8 Å². The molecule has 0 fully saturated rings. The normalized spacial score (nSPS) is 13.2. The average molecular weight is 251 g/mol. The molecule has 2 rings (SSSR count). The Hall–Kier alpha value is -1.20. The molecule has 1 unspecified atom stereocenters. The maximum absolute atomic E-state index is 6.00. The Kier molecular flexibility index (Phi) is 3.31. The van der Waals surface area contributed by atoms with Crippen molar-refractivity contribution in [3.8, 4) is 0 Å². The summed E-state index contributed by atoms with van der Waals surface area (Å²) in [6, 6.07) is 0. The largest absolute Gasteiger partial charge is 0.383 e. The lowest BCUT2D eigenvalue weighted by atomic mass is 10.2. The fourth-order valence-electron chi connectivity index (χ4n) is 1.76. The summed E-state index contributed by atoms with van der Waals surface area (Å²) < 4.78 is 5.22. The van der Waals surface area contributed by atoms with E-state index in [1.54, 1.807) is 18.4 Å². The van der Waals surface area contributed by atoms with Gasteiger partial charge in [-0.2, -0.15) is 0 Å². The second kappa shape index (κ2) is 4.58. The molecule has 17 heavy (non-hydrogen) atoms. The van der Waals surface area contributed by atoms with Crippen LogP contribution in [0.1, 0.15) is 23.2 Å². The second-order valence-electron chi connectivity index (χ2n) is 4.24. The van der Waals surface area contributed by atoms with Crippen molar-refractivity contribution in [1.82, 2.24) is 9.97 Å². The second-order valence-corrected chi connectivity index (χ2v) is 5.44. The standard InChI is InChI=1S/C12H17N3OS/c1-6(16-4)5-9-14-11(13)10-7(2)8(3)17-12(10)15-9/h6H,5H2,1-4H3,(H2,13,14,15). The van der Waals surface area contributed by atoms with Crippen molar-refractivity contribution in [3.63, 3.8) is 0 Å². The van der Waals surface area contributed by atoms with Crippen LogP contribution in [-0.4, -0.2) is 23.2 Å². The molecule has 0 saturated carbocycles. The lowest BCUT2D eigenvalue weighted by Crippen LogP contribution is -2.12. The van der Waals surface area contributed by atoms with Crippen molar-refractivity contribution in [2.75, 3.05) is 12.8 Å². The highest BCUT2D eigenvalue weighted by molar-refractivity contribution is 7.18. The van der Waals surface area contributed by atoms with Gasteiger partial charge in [0.05, 0.1) is 11.5 Å². The lowest BCUT2D eigenvalue weighted by Gasteiger charge is -2.08. The van der Waals surface area contributed by atoms with Crippen molar-refractivity contribution in [1.29, 1.82) is 0 Å². The summed E-state index contributed by atoms with van der Waals surface area (Å²) in [5.41, 5.74) is 7.19. The third kappa shape index (κ3) is 2.25. The molecule has 92 valence electrons. The van der Waals surface area contributed by atoms with Crippen LogP contribution in [0.15, 0.2) is 0 Å². The van der Waals surface area contributed by atoms with Crippen molar-refractivity contribution in [2.24, 2.45) is 0 Å². The van der Waals surface area contributed by atoms with Crippen molar-refractivity contribution >= 4 is 27.4 Å². The van der Waals surface area contributed by atoms with Gasteiger partial charge in [0, 0.05) is 18.4 Å². The van der Waals surface area contributed by atoms with Crippen LogP contribution in [0.2, 0.25) is 0 Å². The number of thiophene rings is 1. The number of aryl methyl sites for hydroxylation is 2. The smallest absolute Gasteiger partial charge is 0.136 e. The van der Waals surface area contributed by atoms with Gasteiger partial charge in [-0.25, -0.2) is 9.97 Å². The number of aromatic nitrogens is 2. The minimum atomic E-state index is 0.106. The molecule has 2 heterocycles. The summed E-state index contributed by atoms with van der Waals surface area (Å²) in [4.78, 5) is 11.1. The topological polar surface area (TPSA) is 61.0 Å². The van der Waals surface area contributed by atoms with E-state index in [2.05, 4.69) is 23.8 Å². The number of nitrogens with zero attached hydrogens (tertiary/aromatic N) is 2. The molecule has 1 atom stereocenters. The molecule has 0 saturated heterocycles. The van der Waals surface area contributed by atoms with E-state index in [1.807, 2.05) is 6.92 Å². The predicted octanol–water partition coefficient (Wildman–Crippen LogP) is 2.47. The van der Waals surface area contributed by atoms with Crippen LogP contribution in [0.25, 0.3) is 10.2 Å². The number of hydrogen-bond donors (Lipinski definition) is 1. The highest BCUT2D eigenvalue weighted by Crippen LogP contribution is 2.31. The monoisotopic (exact) mass is 251 g/mol. The Morgan fingerprint density at radius 1 is 1.35 bits per heavy atom. The first-order chi connectivity index (χ1) is 8.02. The first-order valence-corrected chi connectivity index (χ1v) is 6.39. The van der Waals surface area contributed by atoms with Crippen LogP contribution in [-0.2, 0) is 11.2 Å². The van der Waals surface area contributed by atoms with Crippen LogP contribution in [0.4, 0.5) is 5.82 Å². The summed E-state index contributed by atoms with van der Waals surface area (Å²) in [7, 11) is 1.69. The number of ether oxygens (including phenoxy) is 1. The summed E-state index contributed by atoms with van der Waals surface area (Å²) in [6.45, 7) is 6.14. The molecule has 0 spiro atoms. The van der Waals surface area contributed by atoms with E-state index in [1.165, 1.54) is 10.4 Å². The minimum absolute atomic E-state index is 0.106. The zero-order chi connectivity index (χ0) is 12.6. The maximum Gasteiger partial charge on any atom is 0.136 e. The van der Waals surface area contributed by atoms with E-state index in [-0.39, 0.29) is 6.10 Å². The number of rotatable bonds is 3. The molecular formula is C12H17N3OS. The van der Waals surface area contributed by atoms with Gasteiger partial charge < -0.3 is 10.5 Å². The molecule has 0 aliphatic heterocycles. The molecule has 0 radical (unpaired) electrons. The zero-order valence-corrected chi connectivity index (χ0v) is 11.4. The Labute approximate surface area is 105 Å². The summed E-state index contributed by atoms with van der Waals surface area (Å²) in [5, 5.41) is 1.00. The molecule has 0 bridgehead atoms. The molecule has 2 N–H and O–H groups in total. The third-order valence-corrected chi connectivity index (χ3v) is 4.08. The zero-order valence-electron chi connectivity index (χ0n) is 10.6. The molecule has 2 aromatic heterocycles. The van der Waals surface area contributed by atoms with E-state index in [0.29, 0.717) is 12.2 Å². The van der Waals surface area contributed by atoms with Gasteiger partial charge in [-0.1, -0.05) is 0 Å². The summed E-state index contributed by atoms with van der Waals surface area (Å²) >= 11 is 1.67. The number of methoxy groups -OCH3 is 1. The average Bonchev–Trinajstić information content (AvgIpc) is 2.54. The van der Waals surface area contributed by atoms with Gasteiger partial charge >= 0.3 is 0 Å². The van der Waals surface area contributed by atoms with E-state index in [4.69, 9.17) is 10.5 Å². The molecule has 5 heteroatoms. The minimum Gasteiger partial charge on any atom is -0.383 e. The van der Waals surface area contributed by atoms with E-state index in [0.717, 1.165) is 16.0 Å². The van der Waals surface area contributed by atoms with Crippen LogP contribution in [0.3, 0.4) is 0 Å². The Morgan fingerprint density at radius 2 is 2.06 bits per heavy atom. The predicted molar refractivity (Wildman–Crippen MR) is 71.5 cm³/mol. The maximum atomic E-state index is 6.00. The number of anilines is 1. The molecule has 2 aromatic rings. The number of nitrogen functional groups attached to an aromatic ring is 1. The van der Waals surface area contributed by atoms with Crippen molar-refractivity contribution in [3.05, 3.63) is 16.3 Å². The Balaban J connectivity index is 2.49. The molecule has 4 nitrogen and oxygen atoms in total. The van der Waals surface area contributed by atoms with Crippen molar-refractivity contribution in [2.45, 2.75) is 33.3 Å². The highest BCUT2D eigenvalue weighted by atomic mass is 32.1. The Morgan fingerprint density at radius 3 is 2.71 bits per heavy atom. The van der Waals surface area contributed by atoms with Gasteiger partial charge in [0.25, 0.3) is 0 Å². The lowest BCUT2D eigenvalue weighted by molar-refractivity contribution is 0.117. The van der Waals surface area contributed by atoms with Crippen molar-refractivity contribution < 1.29 is 4.74 Å². The van der Waals surface area contributed by atoms with Crippen LogP contribution in [0.5, 0.6) is 0 Å². The molecule has 0 aliphatic carbocycles. The molecule has 0 aliphatic rings. The Bertz CT molecular complexity index is 550. The van der Waals surface area contributed by atoms with Gasteiger partial charge in [-0.3, -0.25) is 0 Å². The first-order valence-electron chi connectivity index (χ1n) is 5.57. The fourth-order valence-corrected chi connectivity index (χ4v) is 2.81. The van der Waals surface area contributed by atoms with E-state index < -0.39 is 0 Å². The first kappa shape index (κ1) is 12.3. The van der Waals surface area contributed by atoms with Gasteiger partial charge in [-0.15, -0.1) is 11.3 Å². The van der Waals surface area contributed by atoms with Crippen LogP contribution < -0.4 is 5.73 Å². The van der Waals surface area contributed by atoms with E-state index in [9.17, 15) is 0 Å². The van der Waals surface area contributed by atoms with Gasteiger partial charge in [0.2, 0.25) is 0 Å². The highest BCUT2D eigenvalue weighted by Gasteiger charge is 2.13.